The highest BCUT2D eigenvalue weighted by Crippen LogP contribution is 2.58. The van der Waals surface area contributed by atoms with Gasteiger partial charge in [0.25, 0.3) is 0 Å². The third kappa shape index (κ3) is 4.03. The van der Waals surface area contributed by atoms with Crippen molar-refractivity contribution in [1.82, 2.24) is 0 Å². The lowest BCUT2D eigenvalue weighted by molar-refractivity contribution is 0.519. The number of halogens is 2. The van der Waals surface area contributed by atoms with Crippen molar-refractivity contribution < 1.29 is 0 Å². The van der Waals surface area contributed by atoms with Crippen LogP contribution in [0, 0.1) is 33.1 Å². The van der Waals surface area contributed by atoms with Gasteiger partial charge in [0.15, 0.2) is 0 Å². The molecule has 2 aliphatic carbocycles. The maximum atomic E-state index is 7.29. The molecule has 0 saturated heterocycles. The van der Waals surface area contributed by atoms with E-state index in [1.54, 1.807) is 0 Å². The van der Waals surface area contributed by atoms with E-state index in [-0.39, 0.29) is 16.2 Å². The summed E-state index contributed by atoms with van der Waals surface area (Å²) in [6.45, 7) is 13.3. The van der Waals surface area contributed by atoms with Crippen molar-refractivity contribution >= 4 is 35.4 Å². The number of hydrogen-bond acceptors (Lipinski definition) is 0. The third-order valence-electron chi connectivity index (χ3n) is 9.20. The first-order valence-electron chi connectivity index (χ1n) is 13.7. The third-order valence-corrected chi connectivity index (χ3v) is 10.1. The predicted molar refractivity (Wildman–Crippen MR) is 170 cm³/mol. The van der Waals surface area contributed by atoms with Crippen LogP contribution in [0.5, 0.6) is 0 Å². The van der Waals surface area contributed by atoms with E-state index in [1.165, 1.54) is 77.9 Å². The smallest absolute Gasteiger partial charge is 0.0813 e. The molecule has 39 heavy (non-hydrogen) atoms. The molecule has 0 spiro atoms. The van der Waals surface area contributed by atoms with E-state index < -0.39 is 0 Å². The zero-order valence-corrected chi connectivity index (χ0v) is 25.0. The molecule has 0 aliphatic heterocycles. The zero-order valence-electron chi connectivity index (χ0n) is 23.5. The Balaban J connectivity index is 1.46. The molecule has 2 atom stereocenters. The molecule has 2 heteroatoms. The molecule has 0 heterocycles. The summed E-state index contributed by atoms with van der Waals surface area (Å²) < 4.78 is 0. The Morgan fingerprint density at radius 3 is 1.28 bits per heavy atom. The Bertz CT molecular complexity index is 1570. The summed E-state index contributed by atoms with van der Waals surface area (Å²) in [6.07, 6.45) is 4.67. The number of rotatable bonds is 4. The van der Waals surface area contributed by atoms with Gasteiger partial charge in [-0.25, -0.2) is 0 Å². The van der Waals surface area contributed by atoms with E-state index in [0.717, 1.165) is 0 Å². The molecule has 2 unspecified atom stereocenters. The first-order chi connectivity index (χ1) is 18.6. The Morgan fingerprint density at radius 1 is 0.513 bits per heavy atom. The molecule has 0 aromatic heterocycles. The fourth-order valence-corrected chi connectivity index (χ4v) is 7.49. The summed E-state index contributed by atoms with van der Waals surface area (Å²) in [5.41, 5.74) is 17.1. The van der Waals surface area contributed by atoms with E-state index in [1.807, 2.05) is 0 Å². The molecule has 196 valence electrons. The van der Waals surface area contributed by atoms with Gasteiger partial charge in [-0.05, 0) is 106 Å². The molecule has 0 bridgehead atoms. The molecule has 0 N–H and O–H groups in total. The van der Waals surface area contributed by atoms with Gasteiger partial charge in [0, 0.05) is 5.41 Å². The van der Waals surface area contributed by atoms with E-state index in [9.17, 15) is 0 Å². The second kappa shape index (κ2) is 9.54. The van der Waals surface area contributed by atoms with E-state index in [2.05, 4.69) is 126 Å². The van der Waals surface area contributed by atoms with E-state index >= 15 is 0 Å². The summed E-state index contributed by atoms with van der Waals surface area (Å²) in [5.74, 6) is 0. The van der Waals surface area contributed by atoms with Crippen molar-refractivity contribution in [2.24, 2.45) is 5.41 Å². The summed E-state index contributed by atoms with van der Waals surface area (Å²) in [6, 6.07) is 26.2. The SMILES string of the molecule is Cc1cccc(-c2cccc3c2C=C(C(C)(C)C2=Cc4c(-c5cccc(C)c5C)cccc4C2Cl)C3Cl)c1C. The van der Waals surface area contributed by atoms with Crippen LogP contribution in [0.15, 0.2) is 83.9 Å². The van der Waals surface area contributed by atoms with Crippen LogP contribution in [0.3, 0.4) is 0 Å². The minimum atomic E-state index is -0.325. The van der Waals surface area contributed by atoms with Gasteiger partial charge in [-0.15, -0.1) is 23.2 Å². The molecule has 0 amide bonds. The summed E-state index contributed by atoms with van der Waals surface area (Å²) >= 11 is 14.6. The molecule has 0 saturated carbocycles. The summed E-state index contributed by atoms with van der Waals surface area (Å²) in [5, 5.41) is -0.404. The number of fused-ring (bicyclic) bond motifs is 2. The number of hydrogen-bond donors (Lipinski definition) is 0. The Kier molecular flexibility index (Phi) is 6.41. The predicted octanol–water partition coefficient (Wildman–Crippen LogP) is 11.3. The maximum Gasteiger partial charge on any atom is 0.0813 e. The molecule has 2 aliphatic rings. The van der Waals surface area contributed by atoms with Crippen LogP contribution < -0.4 is 0 Å². The van der Waals surface area contributed by atoms with Crippen LogP contribution in [-0.4, -0.2) is 0 Å². The minimum Gasteiger partial charge on any atom is -0.113 e. The highest BCUT2D eigenvalue weighted by atomic mass is 35.5. The highest BCUT2D eigenvalue weighted by Gasteiger charge is 2.42. The topological polar surface area (TPSA) is 0 Å². The van der Waals surface area contributed by atoms with Crippen LogP contribution in [0.4, 0.5) is 0 Å². The van der Waals surface area contributed by atoms with Gasteiger partial charge < -0.3 is 0 Å². The molecule has 0 nitrogen and oxygen atoms in total. The van der Waals surface area contributed by atoms with E-state index in [4.69, 9.17) is 23.2 Å². The van der Waals surface area contributed by atoms with Gasteiger partial charge in [-0.3, -0.25) is 0 Å². The molecule has 6 rings (SSSR count). The number of allylic oxidation sites excluding steroid dienone is 2. The Hall–Kier alpha value is -3.06. The average Bonchev–Trinajstić information content (AvgIpc) is 3.45. The molecule has 0 radical (unpaired) electrons. The van der Waals surface area contributed by atoms with E-state index in [0.29, 0.717) is 0 Å². The van der Waals surface area contributed by atoms with Crippen LogP contribution in [-0.2, 0) is 0 Å². The van der Waals surface area contributed by atoms with Gasteiger partial charge in [0.2, 0.25) is 0 Å². The lowest BCUT2D eigenvalue weighted by Gasteiger charge is -2.32. The largest absolute Gasteiger partial charge is 0.113 e. The van der Waals surface area contributed by atoms with Crippen molar-refractivity contribution in [1.29, 1.82) is 0 Å². The molecule has 0 fully saturated rings. The first kappa shape index (κ1) is 26.2. The zero-order chi connectivity index (χ0) is 27.6. The van der Waals surface area contributed by atoms with Crippen molar-refractivity contribution in [3.05, 3.63) is 128 Å². The monoisotopic (exact) mass is 548 g/mol. The lowest BCUT2D eigenvalue weighted by Crippen LogP contribution is -2.20. The second-order valence-corrected chi connectivity index (χ2v) is 12.5. The fraction of sp³-hybridized carbons (Fsp3) is 0.243. The quantitative estimate of drug-likeness (QED) is 0.222. The average molecular weight is 550 g/mol. The standard InChI is InChI=1S/C37H34Cl2/c1-21-11-7-13-25(23(21)3)27-15-9-17-29-31(27)19-33(35(29)38)37(5,6)34-20-32-28(16-10-18-30(32)36(34)39)26-14-8-12-22(2)24(26)4/h7-20,35-36H,1-6H3. The van der Waals surface area contributed by atoms with Gasteiger partial charge in [0.1, 0.15) is 0 Å². The van der Waals surface area contributed by atoms with Crippen molar-refractivity contribution in [3.63, 3.8) is 0 Å². The fourth-order valence-electron chi connectivity index (χ4n) is 6.44. The molecule has 4 aromatic rings. The van der Waals surface area contributed by atoms with Gasteiger partial charge in [-0.2, -0.15) is 0 Å². The van der Waals surface area contributed by atoms with Crippen molar-refractivity contribution in [3.8, 4) is 22.3 Å². The summed E-state index contributed by atoms with van der Waals surface area (Å²) in [7, 11) is 0. The van der Waals surface area contributed by atoms with Gasteiger partial charge in [-0.1, -0.05) is 98.8 Å². The molecular formula is C37H34Cl2. The molecular weight excluding hydrogens is 515 g/mol. The number of aryl methyl sites for hydroxylation is 2. The maximum absolute atomic E-state index is 7.29. The van der Waals surface area contributed by atoms with Gasteiger partial charge >= 0.3 is 0 Å². The Labute approximate surface area is 243 Å². The van der Waals surface area contributed by atoms with Gasteiger partial charge in [0.05, 0.1) is 10.8 Å². The highest BCUT2D eigenvalue weighted by molar-refractivity contribution is 6.26. The Morgan fingerprint density at radius 2 is 0.872 bits per heavy atom. The van der Waals surface area contributed by atoms with Crippen LogP contribution >= 0.6 is 23.2 Å². The lowest BCUT2D eigenvalue weighted by atomic mass is 9.75. The number of alkyl halides is 2. The van der Waals surface area contributed by atoms with Crippen molar-refractivity contribution in [2.45, 2.75) is 52.3 Å². The molecule has 4 aromatic carbocycles. The first-order valence-corrected chi connectivity index (χ1v) is 14.6. The minimum absolute atomic E-state index is 0.202. The second-order valence-electron chi connectivity index (χ2n) is 11.7. The number of benzene rings is 4. The van der Waals surface area contributed by atoms with Crippen LogP contribution in [0.2, 0.25) is 0 Å². The summed E-state index contributed by atoms with van der Waals surface area (Å²) in [4.78, 5) is 0. The van der Waals surface area contributed by atoms with Crippen molar-refractivity contribution in [2.75, 3.05) is 0 Å². The normalized spacial score (nSPS) is 18.1. The van der Waals surface area contributed by atoms with Crippen LogP contribution in [0.1, 0.15) is 69.1 Å². The van der Waals surface area contributed by atoms with Crippen LogP contribution in [0.25, 0.3) is 34.4 Å².